The second-order valence-corrected chi connectivity index (χ2v) is 4.00. The molecule has 94 valence electrons. The lowest BCUT2D eigenvalue weighted by molar-refractivity contribution is 0.275. The molecule has 0 amide bonds. The van der Waals surface area contributed by atoms with Crippen LogP contribution in [0.3, 0.4) is 0 Å². The van der Waals surface area contributed by atoms with Crippen molar-refractivity contribution >= 4 is 11.6 Å². The van der Waals surface area contributed by atoms with Crippen LogP contribution in [-0.4, -0.2) is 31.4 Å². The van der Waals surface area contributed by atoms with Gasteiger partial charge in [-0.3, -0.25) is 0 Å². The molecule has 0 unspecified atom stereocenters. The third-order valence-corrected chi connectivity index (χ3v) is 2.45. The Morgan fingerprint density at radius 2 is 2.24 bits per heavy atom. The van der Waals surface area contributed by atoms with Crippen LogP contribution >= 0.6 is 11.6 Å². The Morgan fingerprint density at radius 1 is 1.41 bits per heavy atom. The zero-order chi connectivity index (χ0) is 12.5. The summed E-state index contributed by atoms with van der Waals surface area (Å²) >= 11 is 5.93. The molecule has 0 saturated heterocycles. The molecule has 0 aliphatic rings. The van der Waals surface area contributed by atoms with Gasteiger partial charge in [-0.15, -0.1) is 6.58 Å². The Bertz CT molecular complexity index is 355. The van der Waals surface area contributed by atoms with Gasteiger partial charge in [0.1, 0.15) is 12.4 Å². The molecule has 0 bridgehead atoms. The zero-order valence-corrected chi connectivity index (χ0v) is 10.5. The zero-order valence-electron chi connectivity index (χ0n) is 9.79. The fourth-order valence-electron chi connectivity index (χ4n) is 1.44. The van der Waals surface area contributed by atoms with Gasteiger partial charge in [0.05, 0.1) is 6.61 Å². The molecule has 0 aromatic heterocycles. The average molecular weight is 256 g/mol. The largest absolute Gasteiger partial charge is 0.492 e. The Morgan fingerprint density at radius 3 is 2.94 bits per heavy atom. The van der Waals surface area contributed by atoms with E-state index in [-0.39, 0.29) is 6.61 Å². The molecule has 0 radical (unpaired) electrons. The second kappa shape index (κ2) is 8.12. The topological polar surface area (TPSA) is 41.5 Å². The highest BCUT2D eigenvalue weighted by molar-refractivity contribution is 6.30. The molecule has 1 aromatic carbocycles. The Balaban J connectivity index is 2.48. The van der Waals surface area contributed by atoms with Crippen LogP contribution in [0, 0.1) is 0 Å². The van der Waals surface area contributed by atoms with Crippen molar-refractivity contribution in [3.63, 3.8) is 0 Å². The number of halogens is 1. The predicted octanol–water partition coefficient (Wildman–Crippen LogP) is 2.03. The van der Waals surface area contributed by atoms with Crippen molar-refractivity contribution in [2.24, 2.45) is 0 Å². The molecule has 17 heavy (non-hydrogen) atoms. The van der Waals surface area contributed by atoms with E-state index < -0.39 is 0 Å². The van der Waals surface area contributed by atoms with Gasteiger partial charge in [0, 0.05) is 18.1 Å². The van der Waals surface area contributed by atoms with Crippen LogP contribution in [-0.2, 0) is 6.42 Å². The molecule has 0 aliphatic carbocycles. The fraction of sp³-hybridized carbons (Fsp3) is 0.385. The van der Waals surface area contributed by atoms with Gasteiger partial charge in [-0.2, -0.15) is 0 Å². The van der Waals surface area contributed by atoms with Crippen molar-refractivity contribution in [3.05, 3.63) is 41.4 Å². The first-order valence-electron chi connectivity index (χ1n) is 5.61. The van der Waals surface area contributed by atoms with Gasteiger partial charge in [0.2, 0.25) is 0 Å². The molecule has 0 atom stereocenters. The lowest BCUT2D eigenvalue weighted by Crippen LogP contribution is -2.24. The van der Waals surface area contributed by atoms with Gasteiger partial charge in [-0.1, -0.05) is 17.7 Å². The fourth-order valence-corrected chi connectivity index (χ4v) is 1.64. The quantitative estimate of drug-likeness (QED) is 0.552. The number of allylic oxidation sites excluding steroid dienone is 1. The van der Waals surface area contributed by atoms with Crippen molar-refractivity contribution in [1.82, 2.24) is 5.32 Å². The molecule has 0 heterocycles. The third-order valence-electron chi connectivity index (χ3n) is 2.21. The first-order chi connectivity index (χ1) is 8.27. The monoisotopic (exact) mass is 255 g/mol. The number of hydrogen-bond donors (Lipinski definition) is 2. The second-order valence-electron chi connectivity index (χ2n) is 3.57. The number of aliphatic hydroxyl groups excluding tert-OH is 1. The summed E-state index contributed by atoms with van der Waals surface area (Å²) in [6.07, 6.45) is 2.56. The van der Waals surface area contributed by atoms with E-state index >= 15 is 0 Å². The summed E-state index contributed by atoms with van der Waals surface area (Å²) in [7, 11) is 0. The van der Waals surface area contributed by atoms with Crippen molar-refractivity contribution < 1.29 is 9.84 Å². The van der Waals surface area contributed by atoms with Gasteiger partial charge in [0.25, 0.3) is 0 Å². The maximum absolute atomic E-state index is 8.60. The first-order valence-corrected chi connectivity index (χ1v) is 5.99. The van der Waals surface area contributed by atoms with E-state index in [1.165, 1.54) is 0 Å². The first kappa shape index (κ1) is 14.0. The maximum atomic E-state index is 8.60. The summed E-state index contributed by atoms with van der Waals surface area (Å²) in [6, 6.07) is 5.57. The Kier molecular flexibility index (Phi) is 6.70. The van der Waals surface area contributed by atoms with Gasteiger partial charge in [-0.05, 0) is 30.2 Å². The molecule has 0 saturated carbocycles. The summed E-state index contributed by atoms with van der Waals surface area (Å²) in [4.78, 5) is 0. The van der Waals surface area contributed by atoms with Crippen LogP contribution in [0.1, 0.15) is 5.56 Å². The number of ether oxygens (including phenoxy) is 1. The minimum absolute atomic E-state index is 0.142. The number of nitrogens with one attached hydrogen (secondary N) is 1. The van der Waals surface area contributed by atoms with E-state index in [1.807, 2.05) is 24.3 Å². The standard InChI is InChI=1S/C13H18ClNO2/c1-2-3-11-10-12(14)4-5-13(11)17-9-7-15-6-8-16/h2,4-5,10,15-16H,1,3,6-9H2. The van der Waals surface area contributed by atoms with E-state index in [9.17, 15) is 0 Å². The molecule has 1 rings (SSSR count). The van der Waals surface area contributed by atoms with Crippen LogP contribution in [0.15, 0.2) is 30.9 Å². The van der Waals surface area contributed by atoms with Gasteiger partial charge in [0.15, 0.2) is 0 Å². The van der Waals surface area contributed by atoms with E-state index in [0.717, 1.165) is 17.7 Å². The van der Waals surface area contributed by atoms with Crippen LogP contribution in [0.2, 0.25) is 5.02 Å². The summed E-state index contributed by atoms with van der Waals surface area (Å²) in [6.45, 7) is 5.70. The van der Waals surface area contributed by atoms with Crippen LogP contribution in [0.25, 0.3) is 0 Å². The van der Waals surface area contributed by atoms with Gasteiger partial charge in [-0.25, -0.2) is 0 Å². The molecular weight excluding hydrogens is 238 g/mol. The normalized spacial score (nSPS) is 10.2. The maximum Gasteiger partial charge on any atom is 0.122 e. The Labute approximate surface area is 107 Å². The summed E-state index contributed by atoms with van der Waals surface area (Å²) in [5, 5.41) is 12.3. The molecule has 0 spiro atoms. The molecular formula is C13H18ClNO2. The lowest BCUT2D eigenvalue weighted by atomic mass is 10.1. The minimum atomic E-state index is 0.142. The van der Waals surface area contributed by atoms with Crippen molar-refractivity contribution in [3.8, 4) is 5.75 Å². The third kappa shape index (κ3) is 5.22. The molecule has 2 N–H and O–H groups in total. The predicted molar refractivity (Wildman–Crippen MR) is 70.8 cm³/mol. The average Bonchev–Trinajstić information content (AvgIpc) is 2.32. The SMILES string of the molecule is C=CCc1cc(Cl)ccc1OCCNCCO. The number of rotatable bonds is 8. The number of benzene rings is 1. The highest BCUT2D eigenvalue weighted by atomic mass is 35.5. The summed E-state index contributed by atoms with van der Waals surface area (Å²) < 4.78 is 5.64. The van der Waals surface area contributed by atoms with Gasteiger partial charge < -0.3 is 15.2 Å². The molecule has 3 nitrogen and oxygen atoms in total. The van der Waals surface area contributed by atoms with E-state index in [0.29, 0.717) is 24.7 Å². The highest BCUT2D eigenvalue weighted by Gasteiger charge is 2.03. The molecule has 4 heteroatoms. The molecule has 0 aliphatic heterocycles. The Hall–Kier alpha value is -1.03. The van der Waals surface area contributed by atoms with Crippen LogP contribution < -0.4 is 10.1 Å². The van der Waals surface area contributed by atoms with E-state index in [2.05, 4.69) is 11.9 Å². The minimum Gasteiger partial charge on any atom is -0.492 e. The summed E-state index contributed by atoms with van der Waals surface area (Å²) in [5.74, 6) is 0.833. The van der Waals surface area contributed by atoms with Gasteiger partial charge >= 0.3 is 0 Å². The number of aliphatic hydroxyl groups is 1. The van der Waals surface area contributed by atoms with Crippen molar-refractivity contribution in [2.45, 2.75) is 6.42 Å². The van der Waals surface area contributed by atoms with E-state index in [4.69, 9.17) is 21.4 Å². The van der Waals surface area contributed by atoms with E-state index in [1.54, 1.807) is 0 Å². The molecule has 0 fully saturated rings. The van der Waals surface area contributed by atoms with Crippen molar-refractivity contribution in [1.29, 1.82) is 0 Å². The van der Waals surface area contributed by atoms with Crippen molar-refractivity contribution in [2.75, 3.05) is 26.3 Å². The lowest BCUT2D eigenvalue weighted by Gasteiger charge is -2.11. The smallest absolute Gasteiger partial charge is 0.122 e. The number of hydrogen-bond acceptors (Lipinski definition) is 3. The van der Waals surface area contributed by atoms with Crippen LogP contribution in [0.5, 0.6) is 5.75 Å². The highest BCUT2D eigenvalue weighted by Crippen LogP contribution is 2.23. The van der Waals surface area contributed by atoms with Crippen LogP contribution in [0.4, 0.5) is 0 Å². The molecule has 1 aromatic rings. The summed E-state index contributed by atoms with van der Waals surface area (Å²) in [5.41, 5.74) is 1.04.